The molecule has 2 N–H and O–H groups in total. The van der Waals surface area contributed by atoms with Gasteiger partial charge in [-0.3, -0.25) is 4.57 Å². The fourth-order valence-corrected chi connectivity index (χ4v) is 4.78. The Morgan fingerprint density at radius 3 is 2.51 bits per heavy atom. The molecule has 5 aromatic rings. The molecule has 0 saturated carbocycles. The molecule has 4 heterocycles. The van der Waals surface area contributed by atoms with E-state index < -0.39 is 0 Å². The number of anilines is 4. The van der Waals surface area contributed by atoms with Crippen molar-refractivity contribution in [1.82, 2.24) is 19.5 Å². The van der Waals surface area contributed by atoms with Crippen molar-refractivity contribution in [2.45, 2.75) is 6.54 Å². The first kappa shape index (κ1) is 21.6. The van der Waals surface area contributed by atoms with Crippen molar-refractivity contribution in [2.24, 2.45) is 0 Å². The maximum atomic E-state index is 5.47. The van der Waals surface area contributed by atoms with Gasteiger partial charge in [-0.15, -0.1) is 0 Å². The Labute approximate surface area is 207 Å². The zero-order valence-electron chi connectivity index (χ0n) is 19.1. The standard InChI is InChI=1S/C26H25N7OS/c1-2-4-19(5-3-1)16-27-24-23-25(33(18-28-23)22-10-15-35-17-22)31-26(30-24)29-20-6-8-21(9-7-20)32-11-13-34-14-12-32/h1-10,15,17-18H,11-14,16H2,(H2,27,29,30,31). The van der Waals surface area contributed by atoms with Gasteiger partial charge in [0.15, 0.2) is 17.0 Å². The van der Waals surface area contributed by atoms with Crippen LogP contribution >= 0.6 is 11.3 Å². The maximum Gasteiger partial charge on any atom is 0.231 e. The normalized spacial score (nSPS) is 13.8. The average Bonchev–Trinajstić information content (AvgIpc) is 3.59. The molecule has 0 spiro atoms. The van der Waals surface area contributed by atoms with E-state index in [0.717, 1.165) is 48.8 Å². The van der Waals surface area contributed by atoms with Crippen LogP contribution in [0.5, 0.6) is 0 Å². The summed E-state index contributed by atoms with van der Waals surface area (Å²) in [5, 5.41) is 11.0. The van der Waals surface area contributed by atoms with E-state index in [1.807, 2.05) is 28.1 Å². The van der Waals surface area contributed by atoms with Crippen LogP contribution in [0.25, 0.3) is 16.9 Å². The highest BCUT2D eigenvalue weighted by Crippen LogP contribution is 2.27. The Morgan fingerprint density at radius 1 is 0.914 bits per heavy atom. The Morgan fingerprint density at radius 2 is 1.74 bits per heavy atom. The SMILES string of the molecule is c1ccc(CNc2nc(Nc3ccc(N4CCOCC4)cc3)nc3c2ncn3-c2ccsc2)cc1. The summed E-state index contributed by atoms with van der Waals surface area (Å²) < 4.78 is 7.46. The summed E-state index contributed by atoms with van der Waals surface area (Å²) in [5.41, 5.74) is 5.81. The highest BCUT2D eigenvalue weighted by molar-refractivity contribution is 7.08. The second-order valence-corrected chi connectivity index (χ2v) is 9.05. The number of hydrogen-bond donors (Lipinski definition) is 2. The molecular weight excluding hydrogens is 458 g/mol. The van der Waals surface area contributed by atoms with Crippen molar-refractivity contribution in [3.8, 4) is 5.69 Å². The van der Waals surface area contributed by atoms with Crippen molar-refractivity contribution in [1.29, 1.82) is 0 Å². The molecule has 0 radical (unpaired) electrons. The number of thiophene rings is 1. The van der Waals surface area contributed by atoms with Crippen molar-refractivity contribution >= 4 is 45.6 Å². The predicted molar refractivity (Wildman–Crippen MR) is 141 cm³/mol. The number of nitrogens with zero attached hydrogens (tertiary/aromatic N) is 5. The lowest BCUT2D eigenvalue weighted by molar-refractivity contribution is 0.122. The van der Waals surface area contributed by atoms with Crippen molar-refractivity contribution < 1.29 is 4.74 Å². The zero-order chi connectivity index (χ0) is 23.5. The molecule has 9 heteroatoms. The summed E-state index contributed by atoms with van der Waals surface area (Å²) >= 11 is 1.64. The van der Waals surface area contributed by atoms with Gasteiger partial charge in [-0.05, 0) is 41.3 Å². The van der Waals surface area contributed by atoms with Gasteiger partial charge in [0.25, 0.3) is 0 Å². The molecule has 0 atom stereocenters. The summed E-state index contributed by atoms with van der Waals surface area (Å²) in [5.74, 6) is 1.21. The van der Waals surface area contributed by atoms with E-state index in [-0.39, 0.29) is 0 Å². The molecule has 176 valence electrons. The van der Waals surface area contributed by atoms with Crippen LogP contribution in [0.4, 0.5) is 23.1 Å². The van der Waals surface area contributed by atoms with Crippen LogP contribution < -0.4 is 15.5 Å². The molecule has 35 heavy (non-hydrogen) atoms. The van der Waals surface area contributed by atoms with Crippen LogP contribution in [0.15, 0.2) is 77.8 Å². The number of nitrogens with one attached hydrogen (secondary N) is 2. The molecule has 1 aliphatic heterocycles. The van der Waals surface area contributed by atoms with Crippen LogP contribution in [0, 0.1) is 0 Å². The molecule has 0 aliphatic carbocycles. The first-order valence-corrected chi connectivity index (χ1v) is 12.5. The van der Waals surface area contributed by atoms with Crippen LogP contribution in [0.1, 0.15) is 5.56 Å². The van der Waals surface area contributed by atoms with E-state index in [0.29, 0.717) is 18.3 Å². The van der Waals surface area contributed by atoms with E-state index in [1.54, 1.807) is 17.7 Å². The van der Waals surface area contributed by atoms with E-state index in [2.05, 4.69) is 68.4 Å². The van der Waals surface area contributed by atoms with Crippen LogP contribution in [0.3, 0.4) is 0 Å². The Balaban J connectivity index is 1.31. The highest BCUT2D eigenvalue weighted by Gasteiger charge is 2.16. The lowest BCUT2D eigenvalue weighted by Gasteiger charge is -2.28. The molecule has 1 saturated heterocycles. The summed E-state index contributed by atoms with van der Waals surface area (Å²) in [6.45, 7) is 4.01. The molecule has 3 aromatic heterocycles. The van der Waals surface area contributed by atoms with Gasteiger partial charge < -0.3 is 20.3 Å². The van der Waals surface area contributed by atoms with Crippen molar-refractivity contribution in [2.75, 3.05) is 41.8 Å². The third-order valence-electron chi connectivity index (χ3n) is 5.98. The Hall–Kier alpha value is -3.95. The molecule has 0 bridgehead atoms. The molecule has 2 aromatic carbocycles. The van der Waals surface area contributed by atoms with Gasteiger partial charge in [0.05, 0.1) is 18.9 Å². The van der Waals surface area contributed by atoms with Crippen molar-refractivity contribution in [3.63, 3.8) is 0 Å². The van der Waals surface area contributed by atoms with Gasteiger partial charge >= 0.3 is 0 Å². The maximum absolute atomic E-state index is 5.47. The number of aromatic nitrogens is 4. The monoisotopic (exact) mass is 483 g/mol. The largest absolute Gasteiger partial charge is 0.378 e. The summed E-state index contributed by atoms with van der Waals surface area (Å²) in [6.07, 6.45) is 1.80. The number of benzene rings is 2. The lowest BCUT2D eigenvalue weighted by Crippen LogP contribution is -2.36. The number of fused-ring (bicyclic) bond motifs is 1. The van der Waals surface area contributed by atoms with E-state index in [9.17, 15) is 0 Å². The molecule has 0 unspecified atom stereocenters. The van der Waals surface area contributed by atoms with Crippen LogP contribution in [0.2, 0.25) is 0 Å². The zero-order valence-corrected chi connectivity index (χ0v) is 19.9. The minimum Gasteiger partial charge on any atom is -0.378 e. The number of imidazole rings is 1. The lowest BCUT2D eigenvalue weighted by atomic mass is 10.2. The van der Waals surface area contributed by atoms with E-state index >= 15 is 0 Å². The first-order chi connectivity index (χ1) is 17.3. The summed E-state index contributed by atoms with van der Waals surface area (Å²) in [6, 6.07) is 20.7. The third kappa shape index (κ3) is 4.68. The van der Waals surface area contributed by atoms with Gasteiger partial charge in [-0.1, -0.05) is 30.3 Å². The quantitative estimate of drug-likeness (QED) is 0.335. The average molecular weight is 484 g/mol. The minimum absolute atomic E-state index is 0.518. The second-order valence-electron chi connectivity index (χ2n) is 8.27. The van der Waals surface area contributed by atoms with Gasteiger partial charge in [-0.25, -0.2) is 4.98 Å². The van der Waals surface area contributed by atoms with Gasteiger partial charge in [0.2, 0.25) is 5.95 Å². The first-order valence-electron chi connectivity index (χ1n) is 11.6. The fourth-order valence-electron chi connectivity index (χ4n) is 4.15. The van der Waals surface area contributed by atoms with Gasteiger partial charge in [0.1, 0.15) is 6.33 Å². The summed E-state index contributed by atoms with van der Waals surface area (Å²) in [4.78, 5) is 16.6. The number of morpholine rings is 1. The van der Waals surface area contributed by atoms with Crippen LogP contribution in [-0.4, -0.2) is 45.8 Å². The molecule has 8 nitrogen and oxygen atoms in total. The Bertz CT molecular complexity index is 1400. The van der Waals surface area contributed by atoms with Crippen molar-refractivity contribution in [3.05, 3.63) is 83.3 Å². The summed E-state index contributed by atoms with van der Waals surface area (Å²) in [7, 11) is 0. The molecule has 6 rings (SSSR count). The highest BCUT2D eigenvalue weighted by atomic mass is 32.1. The predicted octanol–water partition coefficient (Wildman–Crippen LogP) is 5.07. The van der Waals surface area contributed by atoms with E-state index in [1.165, 1.54) is 11.3 Å². The minimum atomic E-state index is 0.518. The van der Waals surface area contributed by atoms with Gasteiger partial charge in [-0.2, -0.15) is 21.3 Å². The van der Waals surface area contributed by atoms with Crippen LogP contribution in [-0.2, 0) is 11.3 Å². The number of rotatable bonds is 7. The number of ether oxygens (including phenoxy) is 1. The van der Waals surface area contributed by atoms with Gasteiger partial charge in [0, 0.05) is 36.4 Å². The molecule has 1 fully saturated rings. The molecular formula is C26H25N7OS. The Kier molecular flexibility index (Phi) is 6.00. The second kappa shape index (κ2) is 9.73. The number of hydrogen-bond acceptors (Lipinski definition) is 8. The smallest absolute Gasteiger partial charge is 0.231 e. The third-order valence-corrected chi connectivity index (χ3v) is 6.65. The molecule has 1 aliphatic rings. The topological polar surface area (TPSA) is 80.1 Å². The fraction of sp³-hybridized carbons (Fsp3) is 0.192. The van der Waals surface area contributed by atoms with E-state index in [4.69, 9.17) is 14.7 Å². The molecule has 0 amide bonds.